The van der Waals surface area contributed by atoms with Crippen molar-refractivity contribution in [1.29, 1.82) is 0 Å². The van der Waals surface area contributed by atoms with Crippen molar-refractivity contribution in [2.24, 2.45) is 0 Å². The first-order valence-corrected chi connectivity index (χ1v) is 24.3. The van der Waals surface area contributed by atoms with Crippen LogP contribution in [-0.4, -0.2) is 6.71 Å². The lowest BCUT2D eigenvalue weighted by Crippen LogP contribution is -2.61. The number of hydrogen-bond acceptors (Lipinski definition) is 4. The van der Waals surface area contributed by atoms with Crippen molar-refractivity contribution in [2.45, 2.75) is 112 Å². The lowest BCUT2D eigenvalue weighted by atomic mass is 9.33. The predicted octanol–water partition coefficient (Wildman–Crippen LogP) is 17.8. The molecule has 2 aromatic heterocycles. The molecule has 2 aliphatic rings. The summed E-state index contributed by atoms with van der Waals surface area (Å²) >= 11 is 0. The van der Waals surface area contributed by atoms with Gasteiger partial charge < -0.3 is 18.6 Å². The van der Waals surface area contributed by atoms with Crippen molar-refractivity contribution in [3.63, 3.8) is 0 Å². The van der Waals surface area contributed by atoms with E-state index in [1.807, 2.05) is 0 Å². The number of furan rings is 2. The smallest absolute Gasteiger partial charge is 0.252 e. The van der Waals surface area contributed by atoms with Gasteiger partial charge in [0, 0.05) is 55.8 Å². The van der Waals surface area contributed by atoms with Crippen molar-refractivity contribution < 1.29 is 47.2 Å². The minimum atomic E-state index is -1.88. The summed E-state index contributed by atoms with van der Waals surface area (Å²) in [5, 5.41) is -0.612. The predicted molar refractivity (Wildman–Crippen MR) is 316 cm³/mol. The van der Waals surface area contributed by atoms with Crippen LogP contribution in [0.5, 0.6) is 0 Å². The molecule has 0 fully saturated rings. The molecule has 74 heavy (non-hydrogen) atoms. The summed E-state index contributed by atoms with van der Waals surface area (Å²) in [5.74, 6) is -0.741. The van der Waals surface area contributed by atoms with Crippen molar-refractivity contribution >= 4 is 79.2 Å². The second-order valence-corrected chi connectivity index (χ2v) is 22.8. The third kappa shape index (κ3) is 7.81. The zero-order valence-corrected chi connectivity index (χ0v) is 43.3. The van der Waals surface area contributed by atoms with Crippen LogP contribution in [0.3, 0.4) is 0 Å². The monoisotopic (exact) mass is 995 g/mol. The third-order valence-electron chi connectivity index (χ3n) is 13.1. The van der Waals surface area contributed by atoms with E-state index in [1.165, 1.54) is 11.8 Å². The van der Waals surface area contributed by atoms with E-state index >= 15 is 0 Å². The largest absolute Gasteiger partial charge is 0.458 e. The number of hydrogen-bond donors (Lipinski definition) is 0. The molecule has 0 radical (unpaired) electrons. The van der Waals surface area contributed by atoms with E-state index in [4.69, 9.17) is 23.9 Å². The fourth-order valence-corrected chi connectivity index (χ4v) is 9.55. The van der Waals surface area contributed by atoms with Crippen LogP contribution < -0.4 is 26.2 Å². The summed E-state index contributed by atoms with van der Waals surface area (Å²) in [6, 6.07) is -22.8. The molecule has 0 amide bonds. The lowest BCUT2D eigenvalue weighted by Gasteiger charge is -2.45. The van der Waals surface area contributed by atoms with E-state index < -0.39 is 253 Å². The number of fused-ring (bicyclic) bond motifs is 7. The van der Waals surface area contributed by atoms with Crippen LogP contribution >= 0.6 is 0 Å². The molecule has 0 atom stereocenters. The quantitative estimate of drug-likeness (QED) is 0.161. The molecular formula is C69H67BN2O2. The fraction of sp³-hybridized carbons (Fsp3) is 0.246. The summed E-state index contributed by atoms with van der Waals surface area (Å²) < 4.78 is 284. The number of nitrogens with zero attached hydrogens (tertiary/aromatic N) is 2. The highest BCUT2D eigenvalue weighted by Crippen LogP contribution is 2.52. The van der Waals surface area contributed by atoms with Crippen molar-refractivity contribution in [2.75, 3.05) is 9.80 Å². The van der Waals surface area contributed by atoms with Gasteiger partial charge in [0.25, 0.3) is 6.71 Å². The molecule has 0 saturated carbocycles. The first-order chi connectivity index (χ1) is 46.9. The maximum Gasteiger partial charge on any atom is 0.252 e. The minimum absolute atomic E-state index is 0.0771. The SMILES string of the molecule is [2H]c1c([2H])c([2H])c(-c2oc3c([2H])c4c(c([2H])c3c2-c2c([2H])c([2H])c([2H])c([2H])c2[2H])N(c2c([2H])c([2H])c(-c3c([2H])c([2H])c([2H])c([2H])c3[2H])c([2H])c2[2H])c2c([2H])c(C)c([2H])c3c2B4c2c([2H])c(C(C)(C)C)c4c([2H])c(C(C)(C)C)oc4c2N3c2c([2H])c(C(C)(C)C)c([2H])c(C(C)(C)C)c2[2H])c([2H])c1[2H]. The van der Waals surface area contributed by atoms with Gasteiger partial charge in [-0.1, -0.05) is 198 Å². The van der Waals surface area contributed by atoms with E-state index in [9.17, 15) is 23.3 Å². The topological polar surface area (TPSA) is 32.8 Å². The molecule has 0 unspecified atom stereocenters. The fourth-order valence-electron chi connectivity index (χ4n) is 9.55. The second-order valence-electron chi connectivity index (χ2n) is 22.8. The summed E-state index contributed by atoms with van der Waals surface area (Å²) in [7, 11) is 0. The Bertz CT molecular complexity index is 5380. The standard InChI is InChI=1S/C69H67BN2O2/c1-42-33-57-62-58(34-42)72(50-36-47(66(2,3)4)35-48(37-50)67(5,6)7)63-55(40-53(68(8,9)10)51-39-60(69(11,12)13)74-65(51)63)70(62)54-41-59-52(61(45-25-19-15-20-26-45)64(73-59)46-27-21-16-22-28-46)38-56(54)71(57)49-31-29-44(30-32-49)43-23-17-14-18-24-43/h14-41H,1-13H3/i14D,15D,16D,17D,18D,19D,20D,21D,22D,23D,24D,25D,26D,27D,28D,29D,30D,31D,32D,33D,34D,35D,36D,37D,38D,39D,40D,41D. The highest BCUT2D eigenvalue weighted by atomic mass is 16.3. The molecule has 4 heterocycles. The highest BCUT2D eigenvalue weighted by Gasteiger charge is 2.47. The van der Waals surface area contributed by atoms with Crippen LogP contribution in [0.4, 0.5) is 34.1 Å². The van der Waals surface area contributed by atoms with Crippen LogP contribution in [0.15, 0.2) is 178 Å². The molecule has 8 aromatic carbocycles. The zero-order chi connectivity index (χ0) is 76.2. The molecule has 0 spiro atoms. The van der Waals surface area contributed by atoms with Crippen LogP contribution in [0, 0.1) is 6.92 Å². The maximum absolute atomic E-state index is 11.1. The maximum atomic E-state index is 11.1. The number of rotatable bonds is 5. The van der Waals surface area contributed by atoms with E-state index in [0.29, 0.717) is 0 Å². The van der Waals surface area contributed by atoms with Crippen LogP contribution in [0.2, 0.25) is 0 Å². The van der Waals surface area contributed by atoms with Gasteiger partial charge in [-0.25, -0.2) is 0 Å². The van der Waals surface area contributed by atoms with Gasteiger partial charge in [0.2, 0.25) is 0 Å². The summed E-state index contributed by atoms with van der Waals surface area (Å²) in [6.07, 6.45) is 0. The third-order valence-corrected chi connectivity index (χ3v) is 13.1. The van der Waals surface area contributed by atoms with Gasteiger partial charge in [-0.05, 0) is 133 Å². The van der Waals surface area contributed by atoms with Gasteiger partial charge in [-0.15, -0.1) is 0 Å². The molecule has 2 aliphatic heterocycles. The average Bonchev–Trinajstić information content (AvgIpc) is 1.10. The summed E-state index contributed by atoms with van der Waals surface area (Å²) in [4.78, 5) is 2.26. The van der Waals surface area contributed by atoms with Gasteiger partial charge >= 0.3 is 0 Å². The average molecular weight is 995 g/mol. The van der Waals surface area contributed by atoms with Crippen LogP contribution in [-0.2, 0) is 21.7 Å². The Balaban J connectivity index is 1.44. The van der Waals surface area contributed by atoms with Gasteiger partial charge in [-0.3, -0.25) is 0 Å². The Morgan fingerprint density at radius 2 is 1.00 bits per heavy atom. The Labute approximate surface area is 478 Å². The Kier molecular flexibility index (Phi) is 5.81. The van der Waals surface area contributed by atoms with Crippen LogP contribution in [0.25, 0.3) is 55.5 Å². The molecule has 5 heteroatoms. The Hall–Kier alpha value is -7.50. The molecule has 10 aromatic rings. The van der Waals surface area contributed by atoms with Gasteiger partial charge in [0.15, 0.2) is 5.58 Å². The lowest BCUT2D eigenvalue weighted by molar-refractivity contribution is 0.430. The van der Waals surface area contributed by atoms with E-state index in [0.717, 1.165) is 4.90 Å². The van der Waals surface area contributed by atoms with Crippen molar-refractivity contribution in [3.05, 3.63) is 197 Å². The molecule has 4 nitrogen and oxygen atoms in total. The van der Waals surface area contributed by atoms with Crippen LogP contribution in [0.1, 0.15) is 149 Å². The molecule has 368 valence electrons. The normalized spacial score (nSPS) is 19.0. The van der Waals surface area contributed by atoms with Crippen molar-refractivity contribution in [3.8, 4) is 33.6 Å². The second kappa shape index (κ2) is 16.8. The van der Waals surface area contributed by atoms with Gasteiger partial charge in [-0.2, -0.15) is 0 Å². The molecule has 0 aliphatic carbocycles. The van der Waals surface area contributed by atoms with E-state index in [1.54, 1.807) is 83.1 Å². The molecule has 0 saturated heterocycles. The highest BCUT2D eigenvalue weighted by molar-refractivity contribution is 7.00. The number of anilines is 6. The first kappa shape index (κ1) is 25.6. The van der Waals surface area contributed by atoms with Crippen molar-refractivity contribution in [1.82, 2.24) is 0 Å². The van der Waals surface area contributed by atoms with E-state index in [2.05, 4.69) is 0 Å². The first-order valence-electron chi connectivity index (χ1n) is 38.3. The molecular weight excluding hydrogens is 900 g/mol. The molecule has 0 bridgehead atoms. The summed E-state index contributed by atoms with van der Waals surface area (Å²) in [5.41, 5.74) is -12.8. The number of benzene rings is 8. The Morgan fingerprint density at radius 3 is 1.57 bits per heavy atom. The van der Waals surface area contributed by atoms with E-state index in [-0.39, 0.29) is 79.1 Å². The molecule has 12 rings (SSSR count). The zero-order valence-electron chi connectivity index (χ0n) is 71.3. The minimum Gasteiger partial charge on any atom is -0.458 e. The van der Waals surface area contributed by atoms with Gasteiger partial charge in [0.1, 0.15) is 17.1 Å². The summed E-state index contributed by atoms with van der Waals surface area (Å²) in [6.45, 7) is 20.8. The molecule has 0 N–H and O–H groups in total. The van der Waals surface area contributed by atoms with Gasteiger partial charge in [0.05, 0.1) is 44.1 Å². The Morgan fingerprint density at radius 1 is 0.446 bits per heavy atom.